The van der Waals surface area contributed by atoms with Gasteiger partial charge in [-0.3, -0.25) is 14.6 Å². The van der Waals surface area contributed by atoms with Crippen LogP contribution in [-0.4, -0.2) is 34.2 Å². The van der Waals surface area contributed by atoms with Crippen molar-refractivity contribution in [3.63, 3.8) is 0 Å². The molecule has 3 rings (SSSR count). The number of para-hydroxylation sites is 1. The van der Waals surface area contributed by atoms with E-state index in [-0.39, 0.29) is 18.2 Å². The van der Waals surface area contributed by atoms with E-state index in [4.69, 9.17) is 0 Å². The van der Waals surface area contributed by atoms with Crippen LogP contribution < -0.4 is 10.6 Å². The molecule has 2 unspecified atom stereocenters. The molecule has 1 fully saturated rings. The molecule has 3 N–H and O–H groups in total. The molecule has 1 aliphatic rings. The number of nitrogens with zero attached hydrogens (tertiary/aromatic N) is 1. The molecule has 0 spiro atoms. The van der Waals surface area contributed by atoms with Crippen molar-refractivity contribution in [2.75, 3.05) is 0 Å². The number of pyridine rings is 1. The number of hydrogen-bond acceptors (Lipinski definition) is 4. The number of aliphatic hydroxyl groups is 1. The number of amides is 2. The van der Waals surface area contributed by atoms with Crippen LogP contribution >= 0.6 is 0 Å². The lowest BCUT2D eigenvalue weighted by Crippen LogP contribution is -2.55. The van der Waals surface area contributed by atoms with Crippen LogP contribution in [0.15, 0.2) is 36.5 Å². The summed E-state index contributed by atoms with van der Waals surface area (Å²) in [4.78, 5) is 27.6. The molecule has 0 bridgehead atoms. The zero-order chi connectivity index (χ0) is 14.8. The van der Waals surface area contributed by atoms with Crippen molar-refractivity contribution in [3.8, 4) is 0 Å². The summed E-state index contributed by atoms with van der Waals surface area (Å²) in [5.74, 6) is -0.520. The fraction of sp³-hybridized carbons (Fsp3) is 0.267. The molecule has 0 radical (unpaired) electrons. The Morgan fingerprint density at radius 2 is 2.19 bits per heavy atom. The number of nitrogens with one attached hydrogen (secondary N) is 2. The molecular weight excluding hydrogens is 270 g/mol. The van der Waals surface area contributed by atoms with Crippen molar-refractivity contribution >= 4 is 22.7 Å². The number of carbonyl (C=O) groups excluding carboxylic acids is 2. The largest absolute Gasteiger partial charge is 0.372 e. The van der Waals surface area contributed by atoms with E-state index in [2.05, 4.69) is 15.6 Å². The lowest BCUT2D eigenvalue weighted by Gasteiger charge is -2.28. The maximum Gasteiger partial charge on any atom is 0.253 e. The van der Waals surface area contributed by atoms with Gasteiger partial charge >= 0.3 is 0 Å². The van der Waals surface area contributed by atoms with Gasteiger partial charge in [-0.05, 0) is 18.6 Å². The van der Waals surface area contributed by atoms with Gasteiger partial charge in [0.1, 0.15) is 6.23 Å². The highest BCUT2D eigenvalue weighted by Gasteiger charge is 2.28. The van der Waals surface area contributed by atoms with Crippen molar-refractivity contribution in [2.24, 2.45) is 0 Å². The van der Waals surface area contributed by atoms with Crippen molar-refractivity contribution < 1.29 is 14.7 Å². The fourth-order valence-corrected chi connectivity index (χ4v) is 2.38. The van der Waals surface area contributed by atoms with Crippen LogP contribution in [0.4, 0.5) is 0 Å². The van der Waals surface area contributed by atoms with Crippen LogP contribution in [0.5, 0.6) is 0 Å². The Labute approximate surface area is 121 Å². The van der Waals surface area contributed by atoms with Gasteiger partial charge in [0.15, 0.2) is 0 Å². The van der Waals surface area contributed by atoms with Crippen molar-refractivity contribution in [1.82, 2.24) is 15.6 Å². The van der Waals surface area contributed by atoms with Crippen LogP contribution in [0.25, 0.3) is 10.9 Å². The van der Waals surface area contributed by atoms with Crippen LogP contribution in [0.2, 0.25) is 0 Å². The summed E-state index contributed by atoms with van der Waals surface area (Å²) in [6.07, 6.45) is 1.16. The van der Waals surface area contributed by atoms with Gasteiger partial charge in [-0.2, -0.15) is 0 Å². The van der Waals surface area contributed by atoms with Gasteiger partial charge in [0.05, 0.1) is 17.1 Å². The Bertz CT molecular complexity index is 701. The first-order valence-electron chi connectivity index (χ1n) is 6.76. The molecule has 2 aromatic rings. The van der Waals surface area contributed by atoms with Crippen molar-refractivity contribution in [3.05, 3.63) is 42.1 Å². The quantitative estimate of drug-likeness (QED) is 0.752. The zero-order valence-corrected chi connectivity index (χ0v) is 11.2. The number of aliphatic hydroxyl groups excluding tert-OH is 1. The summed E-state index contributed by atoms with van der Waals surface area (Å²) in [5, 5.41) is 15.8. The minimum atomic E-state index is -1.05. The van der Waals surface area contributed by atoms with E-state index in [1.54, 1.807) is 6.07 Å². The molecule has 2 amide bonds. The first-order valence-corrected chi connectivity index (χ1v) is 6.76. The van der Waals surface area contributed by atoms with E-state index in [1.807, 2.05) is 24.3 Å². The smallest absolute Gasteiger partial charge is 0.253 e. The highest BCUT2D eigenvalue weighted by molar-refractivity contribution is 5.97. The monoisotopic (exact) mass is 285 g/mol. The molecule has 0 aliphatic carbocycles. The summed E-state index contributed by atoms with van der Waals surface area (Å²) in [6, 6.07) is 8.79. The van der Waals surface area contributed by atoms with Gasteiger partial charge in [0.2, 0.25) is 5.91 Å². The average Bonchev–Trinajstić information content (AvgIpc) is 2.49. The number of rotatable bonds is 2. The lowest BCUT2D eigenvalue weighted by atomic mass is 10.0. The van der Waals surface area contributed by atoms with Gasteiger partial charge in [-0.1, -0.05) is 18.2 Å². The van der Waals surface area contributed by atoms with Crippen LogP contribution in [0.3, 0.4) is 0 Å². The van der Waals surface area contributed by atoms with Crippen molar-refractivity contribution in [1.29, 1.82) is 0 Å². The third-order valence-corrected chi connectivity index (χ3v) is 3.54. The summed E-state index contributed by atoms with van der Waals surface area (Å²) < 4.78 is 0. The molecule has 1 aliphatic heterocycles. The summed E-state index contributed by atoms with van der Waals surface area (Å²) >= 11 is 0. The zero-order valence-electron chi connectivity index (χ0n) is 11.2. The van der Waals surface area contributed by atoms with E-state index < -0.39 is 12.3 Å². The van der Waals surface area contributed by atoms with E-state index in [0.717, 1.165) is 10.9 Å². The predicted molar refractivity (Wildman–Crippen MR) is 76.4 cm³/mol. The number of benzene rings is 1. The lowest BCUT2D eigenvalue weighted by molar-refractivity contribution is -0.127. The molecule has 1 saturated heterocycles. The molecule has 0 saturated carbocycles. The number of carbonyl (C=O) groups is 2. The summed E-state index contributed by atoms with van der Waals surface area (Å²) in [6.45, 7) is 0. The average molecular weight is 285 g/mol. The SMILES string of the molecule is O=C1CCC(NC(=O)c2cnc3ccccc3c2)C(O)N1. The first-order chi connectivity index (χ1) is 10.1. The Morgan fingerprint density at radius 1 is 1.38 bits per heavy atom. The molecule has 1 aromatic carbocycles. The highest BCUT2D eigenvalue weighted by Crippen LogP contribution is 2.14. The first kappa shape index (κ1) is 13.5. The standard InChI is InChI=1S/C15H15N3O3/c19-13-6-5-12(15(21)18-13)17-14(20)10-7-9-3-1-2-4-11(9)16-8-10/h1-4,7-8,12,15,21H,5-6H2,(H,17,20)(H,18,19). The minimum absolute atomic E-state index is 0.208. The van der Waals surface area contributed by atoms with Crippen LogP contribution in [-0.2, 0) is 4.79 Å². The van der Waals surface area contributed by atoms with Gasteiger partial charge in [-0.25, -0.2) is 0 Å². The topological polar surface area (TPSA) is 91.3 Å². The Morgan fingerprint density at radius 3 is 3.00 bits per heavy atom. The number of piperidine rings is 1. The molecule has 2 heterocycles. The molecule has 21 heavy (non-hydrogen) atoms. The molecule has 2 atom stereocenters. The molecule has 6 heteroatoms. The highest BCUT2D eigenvalue weighted by atomic mass is 16.3. The van der Waals surface area contributed by atoms with E-state index in [9.17, 15) is 14.7 Å². The fourth-order valence-electron chi connectivity index (χ4n) is 2.38. The third-order valence-electron chi connectivity index (χ3n) is 3.54. The van der Waals surface area contributed by atoms with Gasteiger partial charge < -0.3 is 15.7 Å². The summed E-state index contributed by atoms with van der Waals surface area (Å²) in [5.41, 5.74) is 1.25. The normalized spacial score (nSPS) is 21.9. The summed E-state index contributed by atoms with van der Waals surface area (Å²) in [7, 11) is 0. The maximum absolute atomic E-state index is 12.2. The number of aromatic nitrogens is 1. The second-order valence-corrected chi connectivity index (χ2v) is 5.05. The van der Waals surface area contributed by atoms with Crippen LogP contribution in [0, 0.1) is 0 Å². The predicted octanol–water partition coefficient (Wildman–Crippen LogP) is 0.562. The van der Waals surface area contributed by atoms with Crippen LogP contribution in [0.1, 0.15) is 23.2 Å². The third kappa shape index (κ3) is 2.85. The minimum Gasteiger partial charge on any atom is -0.372 e. The molecule has 6 nitrogen and oxygen atoms in total. The van der Waals surface area contributed by atoms with Gasteiger partial charge in [0.25, 0.3) is 5.91 Å². The maximum atomic E-state index is 12.2. The Kier molecular flexibility index (Phi) is 3.53. The second kappa shape index (κ2) is 5.49. The Hall–Kier alpha value is -2.47. The Balaban J connectivity index is 1.76. The second-order valence-electron chi connectivity index (χ2n) is 5.05. The van der Waals surface area contributed by atoms with Gasteiger partial charge in [0, 0.05) is 18.0 Å². The molecule has 1 aromatic heterocycles. The number of hydrogen-bond donors (Lipinski definition) is 3. The molecular formula is C15H15N3O3. The van der Waals surface area contributed by atoms with E-state index in [0.29, 0.717) is 12.0 Å². The number of fused-ring (bicyclic) bond motifs is 1. The molecule has 108 valence electrons. The van der Waals surface area contributed by atoms with E-state index >= 15 is 0 Å². The van der Waals surface area contributed by atoms with Gasteiger partial charge in [-0.15, -0.1) is 0 Å². The van der Waals surface area contributed by atoms with E-state index in [1.165, 1.54) is 6.20 Å². The van der Waals surface area contributed by atoms with Crippen molar-refractivity contribution in [2.45, 2.75) is 25.1 Å².